The van der Waals surface area contributed by atoms with E-state index in [1.807, 2.05) is 0 Å². The Labute approximate surface area is 108 Å². The van der Waals surface area contributed by atoms with Gasteiger partial charge in [-0.1, -0.05) is 27.2 Å². The number of ether oxygens (including phenoxy) is 1. The maximum Gasteiger partial charge on any atom is 0.0589 e. The fourth-order valence-electron chi connectivity index (χ4n) is 2.05. The molecule has 0 bridgehead atoms. The van der Waals surface area contributed by atoms with Crippen molar-refractivity contribution in [1.82, 2.24) is 10.2 Å². The van der Waals surface area contributed by atoms with Crippen molar-refractivity contribution in [2.45, 2.75) is 52.6 Å². The molecule has 0 aromatic heterocycles. The van der Waals surface area contributed by atoms with Crippen LogP contribution in [0.3, 0.4) is 0 Å². The molecule has 0 radical (unpaired) electrons. The predicted molar refractivity (Wildman–Crippen MR) is 75.5 cm³/mol. The summed E-state index contributed by atoms with van der Waals surface area (Å²) in [7, 11) is 3.85. The first-order chi connectivity index (χ1) is 8.10. The Morgan fingerprint density at radius 3 is 2.24 bits per heavy atom. The Morgan fingerprint density at radius 2 is 1.82 bits per heavy atom. The number of methoxy groups -OCH3 is 1. The average molecular weight is 244 g/mol. The largest absolute Gasteiger partial charge is 0.383 e. The highest BCUT2D eigenvalue weighted by atomic mass is 16.5. The molecule has 0 saturated heterocycles. The summed E-state index contributed by atoms with van der Waals surface area (Å²) >= 11 is 0. The lowest BCUT2D eigenvalue weighted by Crippen LogP contribution is -2.47. The van der Waals surface area contributed by atoms with Crippen LogP contribution in [0, 0.1) is 5.92 Å². The molecule has 3 heteroatoms. The van der Waals surface area contributed by atoms with Gasteiger partial charge in [0.05, 0.1) is 6.61 Å². The normalized spacial score (nSPS) is 17.1. The summed E-state index contributed by atoms with van der Waals surface area (Å²) in [6, 6.07) is 1.20. The molecule has 0 aliphatic rings. The molecule has 104 valence electrons. The van der Waals surface area contributed by atoms with Crippen LogP contribution in [0.2, 0.25) is 0 Å². The van der Waals surface area contributed by atoms with Crippen molar-refractivity contribution in [3.8, 4) is 0 Å². The van der Waals surface area contributed by atoms with Gasteiger partial charge in [0.25, 0.3) is 0 Å². The van der Waals surface area contributed by atoms with Gasteiger partial charge < -0.3 is 10.1 Å². The molecule has 0 aromatic rings. The van der Waals surface area contributed by atoms with Crippen molar-refractivity contribution in [3.63, 3.8) is 0 Å². The molecule has 17 heavy (non-hydrogen) atoms. The van der Waals surface area contributed by atoms with Gasteiger partial charge in [-0.3, -0.25) is 4.90 Å². The number of likely N-dealkylation sites (N-methyl/N-ethyl adjacent to an activating group) is 1. The second-order valence-electron chi connectivity index (χ2n) is 5.03. The van der Waals surface area contributed by atoms with Gasteiger partial charge in [0, 0.05) is 32.3 Å². The van der Waals surface area contributed by atoms with Crippen LogP contribution in [0.5, 0.6) is 0 Å². The summed E-state index contributed by atoms with van der Waals surface area (Å²) in [4.78, 5) is 2.54. The van der Waals surface area contributed by atoms with Gasteiger partial charge in [-0.05, 0) is 26.3 Å². The minimum Gasteiger partial charge on any atom is -0.383 e. The van der Waals surface area contributed by atoms with Crippen molar-refractivity contribution >= 4 is 0 Å². The van der Waals surface area contributed by atoms with Gasteiger partial charge >= 0.3 is 0 Å². The van der Waals surface area contributed by atoms with Crippen LogP contribution in [0.4, 0.5) is 0 Å². The van der Waals surface area contributed by atoms with Crippen LogP contribution in [0.25, 0.3) is 0 Å². The van der Waals surface area contributed by atoms with Gasteiger partial charge in [0.2, 0.25) is 0 Å². The number of nitrogens with zero attached hydrogens (tertiary/aromatic N) is 1. The van der Waals surface area contributed by atoms with E-state index < -0.39 is 0 Å². The van der Waals surface area contributed by atoms with Crippen LogP contribution in [0.1, 0.15) is 40.5 Å². The maximum absolute atomic E-state index is 5.21. The molecule has 0 amide bonds. The first-order valence-corrected chi connectivity index (χ1v) is 7.00. The highest BCUT2D eigenvalue weighted by Gasteiger charge is 2.20. The highest BCUT2D eigenvalue weighted by molar-refractivity contribution is 4.78. The average Bonchev–Trinajstić information content (AvgIpc) is 2.37. The van der Waals surface area contributed by atoms with E-state index in [1.165, 1.54) is 12.8 Å². The van der Waals surface area contributed by atoms with Crippen LogP contribution < -0.4 is 5.32 Å². The quantitative estimate of drug-likeness (QED) is 0.638. The summed E-state index contributed by atoms with van der Waals surface area (Å²) in [5.74, 6) is 0.717. The minimum atomic E-state index is 0.575. The summed E-state index contributed by atoms with van der Waals surface area (Å²) in [6.45, 7) is 12.1. The van der Waals surface area contributed by atoms with E-state index in [2.05, 4.69) is 45.0 Å². The zero-order valence-electron chi connectivity index (χ0n) is 12.6. The highest BCUT2D eigenvalue weighted by Crippen LogP contribution is 2.12. The Balaban J connectivity index is 4.36. The number of hydrogen-bond acceptors (Lipinski definition) is 3. The van der Waals surface area contributed by atoms with Crippen LogP contribution >= 0.6 is 0 Å². The van der Waals surface area contributed by atoms with E-state index in [9.17, 15) is 0 Å². The van der Waals surface area contributed by atoms with Crippen molar-refractivity contribution in [1.29, 1.82) is 0 Å². The molecular formula is C14H32N2O. The second-order valence-corrected chi connectivity index (χ2v) is 5.03. The lowest BCUT2D eigenvalue weighted by molar-refractivity contribution is 0.108. The van der Waals surface area contributed by atoms with Gasteiger partial charge in [0.15, 0.2) is 0 Å². The summed E-state index contributed by atoms with van der Waals surface area (Å²) in [6.07, 6.45) is 2.42. The maximum atomic E-state index is 5.21. The monoisotopic (exact) mass is 244 g/mol. The smallest absolute Gasteiger partial charge is 0.0589 e. The van der Waals surface area contributed by atoms with Crippen LogP contribution in [-0.4, -0.2) is 50.8 Å². The third-order valence-electron chi connectivity index (χ3n) is 3.93. The number of rotatable bonds is 10. The van der Waals surface area contributed by atoms with E-state index in [1.54, 1.807) is 7.11 Å². The zero-order valence-corrected chi connectivity index (χ0v) is 12.6. The third-order valence-corrected chi connectivity index (χ3v) is 3.93. The van der Waals surface area contributed by atoms with Crippen molar-refractivity contribution in [2.24, 2.45) is 5.92 Å². The number of hydrogen-bond donors (Lipinski definition) is 1. The molecule has 0 heterocycles. The lowest BCUT2D eigenvalue weighted by atomic mass is 9.98. The molecule has 0 rings (SSSR count). The topological polar surface area (TPSA) is 24.5 Å². The standard InChI is InChI=1S/C14H32N2O/c1-7-12(3)14(15-5)11-16(9-10-17-6)13(4)8-2/h12-15H,7-11H2,1-6H3. The summed E-state index contributed by atoms with van der Waals surface area (Å²) < 4.78 is 5.21. The second kappa shape index (κ2) is 9.86. The Morgan fingerprint density at radius 1 is 1.18 bits per heavy atom. The van der Waals surface area contributed by atoms with E-state index in [0.29, 0.717) is 18.0 Å². The van der Waals surface area contributed by atoms with E-state index >= 15 is 0 Å². The third kappa shape index (κ3) is 6.39. The molecule has 0 spiro atoms. The fourth-order valence-corrected chi connectivity index (χ4v) is 2.05. The molecule has 0 aliphatic heterocycles. The molecule has 0 fully saturated rings. The molecule has 1 N–H and O–H groups in total. The Hall–Kier alpha value is -0.120. The van der Waals surface area contributed by atoms with Crippen molar-refractivity contribution < 1.29 is 4.74 Å². The molecule has 0 saturated carbocycles. The molecule has 0 aliphatic carbocycles. The molecule has 3 atom stereocenters. The molecule has 3 nitrogen and oxygen atoms in total. The molecule has 3 unspecified atom stereocenters. The van der Waals surface area contributed by atoms with Crippen LogP contribution in [0.15, 0.2) is 0 Å². The van der Waals surface area contributed by atoms with Crippen LogP contribution in [-0.2, 0) is 4.74 Å². The van der Waals surface area contributed by atoms with Gasteiger partial charge in [0.1, 0.15) is 0 Å². The Bertz CT molecular complexity index is 176. The van der Waals surface area contributed by atoms with E-state index in [4.69, 9.17) is 4.74 Å². The van der Waals surface area contributed by atoms with Crippen molar-refractivity contribution in [2.75, 3.05) is 33.9 Å². The summed E-state index contributed by atoms with van der Waals surface area (Å²) in [5, 5.41) is 3.46. The first kappa shape index (κ1) is 16.9. The predicted octanol–water partition coefficient (Wildman–Crippen LogP) is 2.37. The van der Waals surface area contributed by atoms with Crippen molar-refractivity contribution in [3.05, 3.63) is 0 Å². The minimum absolute atomic E-state index is 0.575. The van der Waals surface area contributed by atoms with E-state index in [0.717, 1.165) is 19.7 Å². The van der Waals surface area contributed by atoms with Gasteiger partial charge in [-0.15, -0.1) is 0 Å². The zero-order chi connectivity index (χ0) is 13.3. The van der Waals surface area contributed by atoms with Gasteiger partial charge in [-0.25, -0.2) is 0 Å². The Kier molecular flexibility index (Phi) is 9.79. The fraction of sp³-hybridized carbons (Fsp3) is 1.00. The number of nitrogens with one attached hydrogen (secondary N) is 1. The molecular weight excluding hydrogens is 212 g/mol. The van der Waals surface area contributed by atoms with E-state index in [-0.39, 0.29) is 0 Å². The first-order valence-electron chi connectivity index (χ1n) is 7.00. The van der Waals surface area contributed by atoms with Gasteiger partial charge in [-0.2, -0.15) is 0 Å². The lowest BCUT2D eigenvalue weighted by Gasteiger charge is -2.34. The molecule has 0 aromatic carbocycles. The SMILES string of the molecule is CCC(C)C(CN(CCOC)C(C)CC)NC. The summed E-state index contributed by atoms with van der Waals surface area (Å²) in [5.41, 5.74) is 0.